The van der Waals surface area contributed by atoms with Gasteiger partial charge in [0.1, 0.15) is 30.5 Å². The third-order valence-corrected chi connectivity index (χ3v) is 9.68. The highest BCUT2D eigenvalue weighted by Gasteiger charge is 2.14. The van der Waals surface area contributed by atoms with Gasteiger partial charge in [-0.25, -0.2) is 0 Å². The lowest BCUT2D eigenvalue weighted by Gasteiger charge is -2.12. The van der Waals surface area contributed by atoms with Crippen molar-refractivity contribution >= 4 is 45.6 Å². The molecule has 0 aliphatic carbocycles. The van der Waals surface area contributed by atoms with Crippen LogP contribution in [0.15, 0.2) is 211 Å². The molecular weight excluding hydrogens is 877 g/mol. The number of nitro groups is 2. The van der Waals surface area contributed by atoms with E-state index in [0.717, 1.165) is 33.4 Å². The van der Waals surface area contributed by atoms with Crippen LogP contribution < -0.4 is 20.7 Å². The van der Waals surface area contributed by atoms with E-state index in [4.69, 9.17) is 25.3 Å². The first-order valence-corrected chi connectivity index (χ1v) is 20.4. The molecule has 5 N–H and O–H groups in total. The summed E-state index contributed by atoms with van der Waals surface area (Å²) in [7, 11) is -1.34. The van der Waals surface area contributed by atoms with Crippen molar-refractivity contribution in [1.82, 2.24) is 0 Å². The molecule has 14 heteroatoms. The number of rotatable bonds is 11. The van der Waals surface area contributed by atoms with Gasteiger partial charge in [0.05, 0.1) is 14.3 Å². The van der Waals surface area contributed by atoms with Gasteiger partial charge in [0.25, 0.3) is 11.4 Å². The Morgan fingerprint density at radius 3 is 1.39 bits per heavy atom. The van der Waals surface area contributed by atoms with E-state index in [9.17, 15) is 25.3 Å². The second-order valence-electron chi connectivity index (χ2n) is 13.7. The van der Waals surface area contributed by atoms with Crippen LogP contribution in [0.5, 0.6) is 17.2 Å². The van der Waals surface area contributed by atoms with Crippen LogP contribution in [-0.2, 0) is 13.2 Å². The quantitative estimate of drug-likeness (QED) is 0.0319. The summed E-state index contributed by atoms with van der Waals surface area (Å²) in [5, 5.41) is 48.4. The minimum absolute atomic E-state index is 0.0361. The van der Waals surface area contributed by atoms with Crippen LogP contribution in [0.4, 0.5) is 17.1 Å². The number of phenols is 1. The van der Waals surface area contributed by atoms with E-state index in [2.05, 4.69) is 15.9 Å². The number of nitrogens with two attached hydrogens (primary N) is 1. The van der Waals surface area contributed by atoms with Gasteiger partial charge in [-0.1, -0.05) is 152 Å². The van der Waals surface area contributed by atoms with Crippen LogP contribution in [0.3, 0.4) is 0 Å². The molecule has 0 saturated carbocycles. The minimum atomic E-state index is -1.34. The minimum Gasteiger partial charge on any atom is -0.507 e. The Balaban J connectivity index is 0.000000168. The maximum atomic E-state index is 11.0. The van der Waals surface area contributed by atoms with E-state index in [1.165, 1.54) is 18.2 Å². The molecule has 0 aromatic heterocycles. The van der Waals surface area contributed by atoms with Crippen molar-refractivity contribution < 1.29 is 34.5 Å². The molecule has 0 spiro atoms. The molecule has 12 nitrogen and oxygen atoms in total. The van der Waals surface area contributed by atoms with E-state index < -0.39 is 17.0 Å². The zero-order chi connectivity index (χ0) is 45.7. The average molecular weight is 921 g/mol. The first kappa shape index (κ1) is 47.3. The summed E-state index contributed by atoms with van der Waals surface area (Å²) in [6.45, 7) is 0.843. The van der Waals surface area contributed by atoms with Gasteiger partial charge >= 0.3 is 7.12 Å². The fourth-order valence-electron chi connectivity index (χ4n) is 5.82. The Labute approximate surface area is 379 Å². The molecule has 0 fully saturated rings. The van der Waals surface area contributed by atoms with Crippen LogP contribution >= 0.6 is 15.9 Å². The van der Waals surface area contributed by atoms with Gasteiger partial charge in [-0.05, 0) is 74.0 Å². The number of hydrogen-bond acceptors (Lipinski definition) is 10. The zero-order valence-corrected chi connectivity index (χ0v) is 35.8. The second kappa shape index (κ2) is 24.6. The standard InChI is InChI=1S/C19H15NO3.C13H10BrNO3.C12H11NO.C6H7BO2/c21-20(22)17-11-12-19(23-14-15-7-3-1-4-8-15)18(13-17)16-9-5-2-6-10-16;14-12-8-11(15(16)17)6-7-13(12)18-9-10-4-2-1-3-5-10;13-10-6-7-12(14)11(8-10)9-4-2-1-3-5-9;8-7(9)6-4-2-1-3-5-6/h1-13H,14H2;1-8H,9H2;1-8,14H,13H2;1-5,8-9H. The highest BCUT2D eigenvalue weighted by Crippen LogP contribution is 2.34. The van der Waals surface area contributed by atoms with Crippen LogP contribution in [0.25, 0.3) is 22.3 Å². The van der Waals surface area contributed by atoms with Gasteiger partial charge in [-0.3, -0.25) is 20.2 Å². The van der Waals surface area contributed by atoms with Crippen molar-refractivity contribution in [2.45, 2.75) is 13.2 Å². The summed E-state index contributed by atoms with van der Waals surface area (Å²) < 4.78 is 12.1. The summed E-state index contributed by atoms with van der Waals surface area (Å²) >= 11 is 3.26. The van der Waals surface area contributed by atoms with E-state index in [1.54, 1.807) is 60.7 Å². The predicted octanol–water partition coefficient (Wildman–Crippen LogP) is 10.8. The van der Waals surface area contributed by atoms with Crippen molar-refractivity contribution in [3.05, 3.63) is 242 Å². The number of benzene rings is 8. The molecule has 0 aliphatic heterocycles. The van der Waals surface area contributed by atoms with Crippen LogP contribution in [0.2, 0.25) is 0 Å². The number of ether oxygens (including phenoxy) is 2. The number of anilines is 1. The summed E-state index contributed by atoms with van der Waals surface area (Å²) in [6, 6.07) is 61.6. The number of phenolic OH excluding ortho intramolecular Hbond substituents is 1. The average Bonchev–Trinajstić information content (AvgIpc) is 3.33. The molecule has 0 aliphatic rings. The summed E-state index contributed by atoms with van der Waals surface area (Å²) in [6.07, 6.45) is 0. The monoisotopic (exact) mass is 919 g/mol. The van der Waals surface area contributed by atoms with E-state index in [1.807, 2.05) is 127 Å². The van der Waals surface area contributed by atoms with Gasteiger partial charge in [0, 0.05) is 41.1 Å². The Morgan fingerprint density at radius 1 is 0.516 bits per heavy atom. The summed E-state index contributed by atoms with van der Waals surface area (Å²) in [5.74, 6) is 1.47. The fraction of sp³-hybridized carbons (Fsp3) is 0.0400. The topological polar surface area (TPSA) is 191 Å². The molecule has 8 aromatic rings. The Bertz CT molecular complexity index is 2680. The lowest BCUT2D eigenvalue weighted by molar-refractivity contribution is -0.385. The van der Waals surface area contributed by atoms with Gasteiger partial charge in [0.2, 0.25) is 0 Å². The van der Waals surface area contributed by atoms with Crippen LogP contribution in [0.1, 0.15) is 11.1 Å². The predicted molar refractivity (Wildman–Crippen MR) is 255 cm³/mol. The van der Waals surface area contributed by atoms with Crippen molar-refractivity contribution in [3.63, 3.8) is 0 Å². The second-order valence-corrected chi connectivity index (χ2v) is 14.5. The molecule has 0 saturated heterocycles. The maximum Gasteiger partial charge on any atom is 0.488 e. The number of nitro benzene ring substituents is 2. The molecule has 0 unspecified atom stereocenters. The number of halogens is 1. The Morgan fingerprint density at radius 2 is 0.938 bits per heavy atom. The van der Waals surface area contributed by atoms with E-state index in [-0.39, 0.29) is 17.1 Å². The highest BCUT2D eigenvalue weighted by molar-refractivity contribution is 9.10. The van der Waals surface area contributed by atoms with Crippen molar-refractivity contribution in [2.75, 3.05) is 5.73 Å². The van der Waals surface area contributed by atoms with Crippen LogP contribution in [0, 0.1) is 20.2 Å². The van der Waals surface area contributed by atoms with Crippen molar-refractivity contribution in [3.8, 4) is 39.5 Å². The maximum absolute atomic E-state index is 11.0. The van der Waals surface area contributed by atoms with Crippen LogP contribution in [-0.4, -0.2) is 32.1 Å². The molecule has 8 rings (SSSR count). The molecule has 0 radical (unpaired) electrons. The lowest BCUT2D eigenvalue weighted by Crippen LogP contribution is -2.29. The Hall–Kier alpha value is -7.78. The first-order valence-electron chi connectivity index (χ1n) is 19.6. The smallest absolute Gasteiger partial charge is 0.488 e. The molecule has 64 heavy (non-hydrogen) atoms. The number of nitrogen functional groups attached to an aromatic ring is 1. The zero-order valence-electron chi connectivity index (χ0n) is 34.3. The Kier molecular flexibility index (Phi) is 18.2. The molecule has 8 aromatic carbocycles. The molecule has 0 bridgehead atoms. The summed E-state index contributed by atoms with van der Waals surface area (Å²) in [5.41, 5.74) is 12.4. The van der Waals surface area contributed by atoms with Crippen molar-refractivity contribution in [2.24, 2.45) is 0 Å². The molecule has 0 amide bonds. The van der Waals surface area contributed by atoms with Gasteiger partial charge in [0.15, 0.2) is 0 Å². The van der Waals surface area contributed by atoms with Gasteiger partial charge < -0.3 is 30.4 Å². The first-order chi connectivity index (χ1) is 31.0. The van der Waals surface area contributed by atoms with E-state index in [0.29, 0.717) is 40.3 Å². The number of non-ortho nitro benzene ring substituents is 2. The number of hydrogen-bond donors (Lipinski definition) is 4. The number of nitrogens with zero attached hydrogens (tertiary/aromatic N) is 2. The summed E-state index contributed by atoms with van der Waals surface area (Å²) in [4.78, 5) is 20.8. The lowest BCUT2D eigenvalue weighted by atomic mass is 9.81. The van der Waals surface area contributed by atoms with Gasteiger partial charge in [-0.15, -0.1) is 0 Å². The third-order valence-electron chi connectivity index (χ3n) is 9.06. The van der Waals surface area contributed by atoms with Crippen molar-refractivity contribution in [1.29, 1.82) is 0 Å². The fourth-order valence-corrected chi connectivity index (χ4v) is 6.30. The number of aromatic hydroxyl groups is 1. The molecule has 322 valence electrons. The highest BCUT2D eigenvalue weighted by atomic mass is 79.9. The third kappa shape index (κ3) is 15.0. The molecule has 0 atom stereocenters. The molecular formula is C50H43BBrN3O9. The SMILES string of the molecule is Nc1ccc(O)c(-c2ccccc2)c1.O=[N+]([O-])c1ccc(OCc2ccccc2)c(-c2ccccc2)c1.O=[N+]([O-])c1ccc(OCc2ccccc2)c(Br)c1.OB(O)c1ccccc1. The van der Waals surface area contributed by atoms with Gasteiger partial charge in [-0.2, -0.15) is 0 Å². The largest absolute Gasteiger partial charge is 0.507 e. The van der Waals surface area contributed by atoms with E-state index >= 15 is 0 Å². The normalized spacial score (nSPS) is 9.98. The molecule has 0 heterocycles.